The van der Waals surface area contributed by atoms with Crippen molar-refractivity contribution in [3.63, 3.8) is 0 Å². The van der Waals surface area contributed by atoms with Crippen molar-refractivity contribution >= 4 is 23.5 Å². The van der Waals surface area contributed by atoms with Gasteiger partial charge in [0.2, 0.25) is 0 Å². The maximum atomic E-state index is 11.2. The van der Waals surface area contributed by atoms with Crippen LogP contribution < -0.4 is 41.5 Å². The van der Waals surface area contributed by atoms with Crippen molar-refractivity contribution in [3.8, 4) is 0 Å². The summed E-state index contributed by atoms with van der Waals surface area (Å²) in [5.41, 5.74) is 1.72. The Labute approximate surface area is 143 Å². The van der Waals surface area contributed by atoms with E-state index in [1.54, 1.807) is 19.0 Å². The molecule has 0 aliphatic heterocycles. The van der Waals surface area contributed by atoms with Crippen LogP contribution in [0, 0.1) is 0 Å². The van der Waals surface area contributed by atoms with Crippen LogP contribution in [0.5, 0.6) is 0 Å². The molecule has 0 bridgehead atoms. The first-order valence-electron chi connectivity index (χ1n) is 4.33. The van der Waals surface area contributed by atoms with E-state index in [2.05, 4.69) is 20.5 Å². The minimum atomic E-state index is -0.557. The molecule has 119 valence electrons. The van der Waals surface area contributed by atoms with Crippen LogP contribution in [-0.4, -0.2) is 45.8 Å². The van der Waals surface area contributed by atoms with Crippen molar-refractivity contribution in [3.05, 3.63) is 32.6 Å². The molecule has 0 fully saturated rings. The Kier molecular flexibility index (Phi) is 18.0. The molecular formula is C8H13Cl2CuN5O3S. The molecule has 8 nitrogen and oxygen atoms in total. The molecule has 0 atom stereocenters. The van der Waals surface area contributed by atoms with Gasteiger partial charge in [-0.15, -0.1) is 0 Å². The van der Waals surface area contributed by atoms with Crippen LogP contribution in [0.2, 0.25) is 0 Å². The SMILES string of the molecule is CN(C)C(=S)N/N=C/c1c[nH]c(=O)[nH]c1=O.O.[Cl-].[Cl-].[Cu+2]. The quantitative estimate of drug-likeness (QED) is 0.199. The number of hydrogen-bond donors (Lipinski definition) is 3. The normalized spacial score (nSPS) is 8.30. The van der Waals surface area contributed by atoms with E-state index in [4.69, 9.17) is 12.2 Å². The molecule has 1 aromatic heterocycles. The van der Waals surface area contributed by atoms with Gasteiger partial charge in [0.1, 0.15) is 0 Å². The number of aromatic amines is 2. The van der Waals surface area contributed by atoms with Gasteiger partial charge in [0, 0.05) is 20.3 Å². The Balaban J connectivity index is -0.000000320. The smallest absolute Gasteiger partial charge is 1.00 e. The van der Waals surface area contributed by atoms with Gasteiger partial charge < -0.3 is 40.2 Å². The molecule has 1 radical (unpaired) electrons. The first-order valence-corrected chi connectivity index (χ1v) is 4.74. The molecule has 0 aliphatic rings. The summed E-state index contributed by atoms with van der Waals surface area (Å²) in [6, 6.07) is 0. The molecule has 5 N–H and O–H groups in total. The fourth-order valence-electron chi connectivity index (χ4n) is 0.773. The van der Waals surface area contributed by atoms with Gasteiger partial charge in [0.25, 0.3) is 5.56 Å². The number of nitrogens with zero attached hydrogens (tertiary/aromatic N) is 2. The second kappa shape index (κ2) is 13.1. The molecule has 20 heavy (non-hydrogen) atoms. The molecule has 0 aromatic carbocycles. The number of nitrogens with one attached hydrogen (secondary N) is 3. The van der Waals surface area contributed by atoms with E-state index in [0.717, 1.165) is 0 Å². The standard InChI is InChI=1S/C8H11N5O2S.2ClH.Cu.H2O/c1-13(2)8(16)12-10-4-5-3-9-7(15)11-6(5)14;;;;/h3-4H,1-2H3,(H,12,16)(H2,9,11,14,15);2*1H;;1H2/q;;;+2;/p-2/b10-4+;;;;. The number of thiocarbonyl (C=S) groups is 1. The molecule has 0 aliphatic carbocycles. The Morgan fingerprint density at radius 1 is 1.40 bits per heavy atom. The molecule has 0 spiro atoms. The predicted molar refractivity (Wildman–Crippen MR) is 68.3 cm³/mol. The first kappa shape index (κ1) is 27.4. The Morgan fingerprint density at radius 2 is 1.95 bits per heavy atom. The molecular weight excluding hydrogens is 381 g/mol. The summed E-state index contributed by atoms with van der Waals surface area (Å²) in [6.07, 6.45) is 2.54. The van der Waals surface area contributed by atoms with Crippen LogP contribution in [0.15, 0.2) is 20.9 Å². The van der Waals surface area contributed by atoms with Crippen LogP contribution in [0.4, 0.5) is 0 Å². The Bertz CT molecular complexity index is 533. The topological polar surface area (TPSA) is 125 Å². The molecule has 0 saturated carbocycles. The molecule has 0 saturated heterocycles. The van der Waals surface area contributed by atoms with Gasteiger partial charge in [-0.3, -0.25) is 15.2 Å². The summed E-state index contributed by atoms with van der Waals surface area (Å²) < 4.78 is 0. The number of halogens is 2. The Hall–Kier alpha value is -0.901. The third-order valence-electron chi connectivity index (χ3n) is 1.62. The van der Waals surface area contributed by atoms with E-state index in [-0.39, 0.29) is 52.9 Å². The average Bonchev–Trinajstić information content (AvgIpc) is 2.20. The first-order chi connectivity index (χ1) is 7.50. The van der Waals surface area contributed by atoms with Crippen molar-refractivity contribution < 1.29 is 47.4 Å². The van der Waals surface area contributed by atoms with Gasteiger partial charge in [0.15, 0.2) is 5.11 Å². The summed E-state index contributed by atoms with van der Waals surface area (Å²) in [7, 11) is 3.52. The van der Waals surface area contributed by atoms with Crippen molar-refractivity contribution in [2.75, 3.05) is 14.1 Å². The average molecular weight is 394 g/mol. The fraction of sp³-hybridized carbons (Fsp3) is 0.250. The maximum absolute atomic E-state index is 11.2. The van der Waals surface area contributed by atoms with E-state index in [9.17, 15) is 9.59 Å². The zero-order valence-corrected chi connectivity index (χ0v) is 13.6. The van der Waals surface area contributed by atoms with E-state index in [1.165, 1.54) is 12.4 Å². The van der Waals surface area contributed by atoms with E-state index >= 15 is 0 Å². The monoisotopic (exact) mass is 392 g/mol. The van der Waals surface area contributed by atoms with Gasteiger partial charge in [-0.1, -0.05) is 0 Å². The summed E-state index contributed by atoms with van der Waals surface area (Å²) in [5.74, 6) is 0. The van der Waals surface area contributed by atoms with E-state index in [0.29, 0.717) is 5.11 Å². The summed E-state index contributed by atoms with van der Waals surface area (Å²) >= 11 is 4.90. The van der Waals surface area contributed by atoms with Crippen molar-refractivity contribution in [2.24, 2.45) is 5.10 Å². The number of H-pyrrole nitrogens is 2. The van der Waals surface area contributed by atoms with E-state index in [1.807, 2.05) is 0 Å². The minimum absolute atomic E-state index is 0. The molecule has 1 heterocycles. The van der Waals surface area contributed by atoms with Crippen molar-refractivity contribution in [1.29, 1.82) is 0 Å². The van der Waals surface area contributed by atoms with Crippen molar-refractivity contribution in [2.45, 2.75) is 0 Å². The minimum Gasteiger partial charge on any atom is -1.00 e. The van der Waals surface area contributed by atoms with Gasteiger partial charge in [-0.05, 0) is 12.2 Å². The van der Waals surface area contributed by atoms with E-state index < -0.39 is 11.2 Å². The van der Waals surface area contributed by atoms with Crippen LogP contribution in [-0.2, 0) is 17.1 Å². The molecule has 1 aromatic rings. The third kappa shape index (κ3) is 9.07. The summed E-state index contributed by atoms with van der Waals surface area (Å²) in [6.45, 7) is 0. The zero-order valence-electron chi connectivity index (χ0n) is 10.3. The van der Waals surface area contributed by atoms with Crippen LogP contribution in [0.25, 0.3) is 0 Å². The second-order valence-corrected chi connectivity index (χ2v) is 3.48. The number of hydrazone groups is 1. The molecule has 12 heteroatoms. The van der Waals surface area contributed by atoms with Gasteiger partial charge in [0.05, 0.1) is 11.8 Å². The molecule has 1 rings (SSSR count). The number of aromatic nitrogens is 2. The van der Waals surface area contributed by atoms with Gasteiger partial charge in [-0.2, -0.15) is 5.10 Å². The summed E-state index contributed by atoms with van der Waals surface area (Å²) in [4.78, 5) is 28.0. The molecule has 0 unspecified atom stereocenters. The Morgan fingerprint density at radius 3 is 2.40 bits per heavy atom. The number of rotatable bonds is 2. The van der Waals surface area contributed by atoms with Crippen LogP contribution in [0.1, 0.15) is 5.56 Å². The second-order valence-electron chi connectivity index (χ2n) is 3.10. The van der Waals surface area contributed by atoms with Gasteiger partial charge >= 0.3 is 22.8 Å². The predicted octanol–water partition coefficient (Wildman–Crippen LogP) is -7.99. The molecule has 0 amide bonds. The third-order valence-corrected chi connectivity index (χ3v) is 2.07. The zero-order chi connectivity index (χ0) is 12.1. The van der Waals surface area contributed by atoms with Gasteiger partial charge in [-0.25, -0.2) is 4.79 Å². The van der Waals surface area contributed by atoms with Crippen LogP contribution >= 0.6 is 12.2 Å². The number of hydrogen-bond acceptors (Lipinski definition) is 4. The summed E-state index contributed by atoms with van der Waals surface area (Å²) in [5, 5.41) is 4.17. The van der Waals surface area contributed by atoms with Crippen molar-refractivity contribution in [1.82, 2.24) is 20.3 Å². The fourth-order valence-corrected chi connectivity index (χ4v) is 0.826. The van der Waals surface area contributed by atoms with Crippen LogP contribution in [0.3, 0.4) is 0 Å². The largest absolute Gasteiger partial charge is 2.00 e. The maximum Gasteiger partial charge on any atom is 2.00 e.